The third-order valence-electron chi connectivity index (χ3n) is 5.49. The van der Waals surface area contributed by atoms with Crippen molar-refractivity contribution in [3.63, 3.8) is 0 Å². The topological polar surface area (TPSA) is 65.5 Å². The molecule has 2 N–H and O–H groups in total. The van der Waals surface area contributed by atoms with Gasteiger partial charge >= 0.3 is 0 Å². The molecule has 2 atom stereocenters. The third kappa shape index (κ3) is 2.58. The lowest BCUT2D eigenvalue weighted by molar-refractivity contribution is -0.122. The van der Waals surface area contributed by atoms with E-state index in [1.165, 1.54) is 6.42 Å². The van der Waals surface area contributed by atoms with Gasteiger partial charge in [0.05, 0.1) is 5.60 Å². The lowest BCUT2D eigenvalue weighted by Crippen LogP contribution is -2.57. The SMILES string of the molecule is CNc1cc(C(=O)N2CC[C@@](O)(C3CCC3)[C@H](C)C2)ccn1. The summed E-state index contributed by atoms with van der Waals surface area (Å²) >= 11 is 0. The summed E-state index contributed by atoms with van der Waals surface area (Å²) < 4.78 is 0. The molecule has 1 aliphatic heterocycles. The maximum absolute atomic E-state index is 12.7. The van der Waals surface area contributed by atoms with Crippen LogP contribution in [0.2, 0.25) is 0 Å². The monoisotopic (exact) mass is 303 g/mol. The van der Waals surface area contributed by atoms with E-state index in [0.29, 0.717) is 36.8 Å². The zero-order valence-electron chi connectivity index (χ0n) is 13.4. The van der Waals surface area contributed by atoms with Crippen molar-refractivity contribution in [3.8, 4) is 0 Å². The fourth-order valence-electron chi connectivity index (χ4n) is 3.72. The summed E-state index contributed by atoms with van der Waals surface area (Å²) in [4.78, 5) is 18.7. The molecule has 1 amide bonds. The van der Waals surface area contributed by atoms with Crippen LogP contribution in [0.4, 0.5) is 5.82 Å². The normalized spacial score (nSPS) is 29.0. The molecule has 1 aromatic rings. The molecule has 5 nitrogen and oxygen atoms in total. The highest BCUT2D eigenvalue weighted by molar-refractivity contribution is 5.94. The van der Waals surface area contributed by atoms with E-state index in [0.717, 1.165) is 12.8 Å². The molecule has 1 saturated heterocycles. The quantitative estimate of drug-likeness (QED) is 0.898. The van der Waals surface area contributed by atoms with Crippen LogP contribution in [0.25, 0.3) is 0 Å². The molecule has 1 saturated carbocycles. The van der Waals surface area contributed by atoms with Crippen LogP contribution >= 0.6 is 0 Å². The molecular formula is C17H25N3O2. The van der Waals surface area contributed by atoms with Crippen molar-refractivity contribution in [2.75, 3.05) is 25.5 Å². The van der Waals surface area contributed by atoms with Gasteiger partial charge in [-0.2, -0.15) is 0 Å². The maximum atomic E-state index is 12.7. The average Bonchev–Trinajstić information content (AvgIpc) is 2.48. The summed E-state index contributed by atoms with van der Waals surface area (Å²) in [5.74, 6) is 1.28. The number of likely N-dealkylation sites (tertiary alicyclic amines) is 1. The van der Waals surface area contributed by atoms with Gasteiger partial charge in [-0.15, -0.1) is 0 Å². The first-order chi connectivity index (χ1) is 10.5. The van der Waals surface area contributed by atoms with Crippen molar-refractivity contribution < 1.29 is 9.90 Å². The van der Waals surface area contributed by atoms with Gasteiger partial charge in [0.25, 0.3) is 5.91 Å². The minimum Gasteiger partial charge on any atom is -0.389 e. The molecule has 1 aliphatic carbocycles. The number of amides is 1. The van der Waals surface area contributed by atoms with Crippen molar-refractivity contribution in [1.29, 1.82) is 0 Å². The summed E-state index contributed by atoms with van der Waals surface area (Å²) in [7, 11) is 1.79. The number of hydrogen-bond donors (Lipinski definition) is 2. The van der Waals surface area contributed by atoms with E-state index >= 15 is 0 Å². The van der Waals surface area contributed by atoms with Gasteiger partial charge in [-0.1, -0.05) is 13.3 Å². The molecule has 2 heterocycles. The Kier molecular flexibility index (Phi) is 4.08. The van der Waals surface area contributed by atoms with Crippen molar-refractivity contribution in [2.24, 2.45) is 11.8 Å². The number of nitrogens with zero attached hydrogens (tertiary/aromatic N) is 2. The minimum absolute atomic E-state index is 0.0291. The summed E-state index contributed by atoms with van der Waals surface area (Å²) in [5, 5.41) is 13.9. The molecule has 0 radical (unpaired) electrons. The zero-order chi connectivity index (χ0) is 15.7. The Hall–Kier alpha value is -1.62. The Morgan fingerprint density at radius 3 is 2.86 bits per heavy atom. The van der Waals surface area contributed by atoms with Crippen LogP contribution in [0.1, 0.15) is 43.0 Å². The lowest BCUT2D eigenvalue weighted by Gasteiger charge is -2.50. The summed E-state index contributed by atoms with van der Waals surface area (Å²) in [6, 6.07) is 3.53. The van der Waals surface area contributed by atoms with E-state index < -0.39 is 5.60 Å². The number of anilines is 1. The number of aromatic nitrogens is 1. The number of hydrogen-bond acceptors (Lipinski definition) is 4. The Balaban J connectivity index is 1.70. The van der Waals surface area contributed by atoms with Crippen LogP contribution in [0.3, 0.4) is 0 Å². The summed E-state index contributed by atoms with van der Waals surface area (Å²) in [5.41, 5.74) is 0.0734. The Bertz CT molecular complexity index is 559. The first-order valence-electron chi connectivity index (χ1n) is 8.20. The average molecular weight is 303 g/mol. The highest BCUT2D eigenvalue weighted by Crippen LogP contribution is 2.44. The molecule has 22 heavy (non-hydrogen) atoms. The second-order valence-corrected chi connectivity index (χ2v) is 6.70. The van der Waals surface area contributed by atoms with E-state index in [9.17, 15) is 9.90 Å². The number of rotatable bonds is 3. The van der Waals surface area contributed by atoms with Crippen LogP contribution in [0.15, 0.2) is 18.3 Å². The van der Waals surface area contributed by atoms with Gasteiger partial charge in [-0.3, -0.25) is 4.79 Å². The van der Waals surface area contributed by atoms with Crippen LogP contribution in [0, 0.1) is 11.8 Å². The molecule has 1 aromatic heterocycles. The predicted octanol–water partition coefficient (Wildman–Crippen LogP) is 2.14. The van der Waals surface area contributed by atoms with Crippen LogP contribution in [-0.4, -0.2) is 46.6 Å². The number of carbonyl (C=O) groups is 1. The summed E-state index contributed by atoms with van der Waals surface area (Å²) in [6.07, 6.45) is 5.83. The van der Waals surface area contributed by atoms with Gasteiger partial charge in [0.1, 0.15) is 5.82 Å². The number of aliphatic hydroxyl groups is 1. The van der Waals surface area contributed by atoms with Gasteiger partial charge in [-0.25, -0.2) is 4.98 Å². The van der Waals surface area contributed by atoms with Gasteiger partial charge in [0.15, 0.2) is 0 Å². The summed E-state index contributed by atoms with van der Waals surface area (Å²) in [6.45, 7) is 3.33. The molecule has 2 aliphatic rings. The predicted molar refractivity (Wildman–Crippen MR) is 85.8 cm³/mol. The molecule has 0 spiro atoms. The molecule has 0 aromatic carbocycles. The van der Waals surface area contributed by atoms with Crippen molar-refractivity contribution in [1.82, 2.24) is 9.88 Å². The van der Waals surface area contributed by atoms with E-state index in [1.54, 1.807) is 25.4 Å². The number of piperidine rings is 1. The Morgan fingerprint density at radius 1 is 1.50 bits per heavy atom. The molecule has 2 fully saturated rings. The van der Waals surface area contributed by atoms with Crippen LogP contribution in [-0.2, 0) is 0 Å². The highest BCUT2D eigenvalue weighted by Gasteiger charge is 2.47. The smallest absolute Gasteiger partial charge is 0.254 e. The Labute approximate surface area is 131 Å². The zero-order valence-corrected chi connectivity index (χ0v) is 13.4. The van der Waals surface area contributed by atoms with Gasteiger partial charge in [-0.05, 0) is 37.3 Å². The molecular weight excluding hydrogens is 278 g/mol. The highest BCUT2D eigenvalue weighted by atomic mass is 16.3. The minimum atomic E-state index is -0.580. The fraction of sp³-hybridized carbons (Fsp3) is 0.647. The molecule has 0 bridgehead atoms. The lowest BCUT2D eigenvalue weighted by atomic mass is 9.65. The number of carbonyl (C=O) groups excluding carboxylic acids is 1. The Morgan fingerprint density at radius 2 is 2.27 bits per heavy atom. The second kappa shape index (κ2) is 5.88. The first kappa shape index (κ1) is 15.3. The molecule has 5 heteroatoms. The van der Waals surface area contributed by atoms with E-state index in [4.69, 9.17) is 0 Å². The largest absolute Gasteiger partial charge is 0.389 e. The van der Waals surface area contributed by atoms with Crippen LogP contribution < -0.4 is 5.32 Å². The van der Waals surface area contributed by atoms with E-state index in [2.05, 4.69) is 17.2 Å². The maximum Gasteiger partial charge on any atom is 0.254 e. The van der Waals surface area contributed by atoms with Gasteiger partial charge < -0.3 is 15.3 Å². The van der Waals surface area contributed by atoms with E-state index in [-0.39, 0.29) is 11.8 Å². The molecule has 3 rings (SSSR count). The van der Waals surface area contributed by atoms with Crippen molar-refractivity contribution >= 4 is 11.7 Å². The number of pyridine rings is 1. The van der Waals surface area contributed by atoms with Crippen molar-refractivity contribution in [2.45, 2.75) is 38.2 Å². The fourth-order valence-corrected chi connectivity index (χ4v) is 3.72. The first-order valence-corrected chi connectivity index (χ1v) is 8.20. The number of nitrogens with one attached hydrogen (secondary N) is 1. The molecule has 120 valence electrons. The second-order valence-electron chi connectivity index (χ2n) is 6.70. The third-order valence-corrected chi connectivity index (χ3v) is 5.49. The van der Waals surface area contributed by atoms with Gasteiger partial charge in [0, 0.05) is 37.8 Å². The van der Waals surface area contributed by atoms with Gasteiger partial charge in [0.2, 0.25) is 0 Å². The van der Waals surface area contributed by atoms with Crippen molar-refractivity contribution in [3.05, 3.63) is 23.9 Å². The van der Waals surface area contributed by atoms with Crippen LogP contribution in [0.5, 0.6) is 0 Å². The molecule has 0 unspecified atom stereocenters. The standard InChI is InChI=1S/C17H25N3O2/c1-12-11-20(9-7-17(12,22)14-4-3-5-14)16(21)13-6-8-19-15(10-13)18-2/h6,8,10,12,14,22H,3-5,7,9,11H2,1-2H3,(H,18,19)/t12-,17+/m1/s1. The van der Waals surface area contributed by atoms with E-state index in [1.807, 2.05) is 4.90 Å².